The Morgan fingerprint density at radius 1 is 1.31 bits per heavy atom. The van der Waals surface area contributed by atoms with Crippen molar-refractivity contribution in [2.75, 3.05) is 39.8 Å². The number of amides is 1. The van der Waals surface area contributed by atoms with Gasteiger partial charge in [0.15, 0.2) is 5.96 Å². The van der Waals surface area contributed by atoms with E-state index in [-0.39, 0.29) is 5.91 Å². The molecule has 0 aromatic carbocycles. The Morgan fingerprint density at radius 3 is 2.69 bits per heavy atom. The molecule has 1 amide bonds. The molecular weight excluding hydrogens is 330 g/mol. The predicted octanol–water partition coefficient (Wildman–Crippen LogP) is 0.347. The normalized spacial score (nSPS) is 16.5. The standard InChI is InChI=1S/C18H33N7O/c1-4-7-20-17(26)14-24-9-5-16(6-10-24)23-18(19-3)21-8-11-25-13-15(2)12-22-25/h12-13,16H,4-11,14H2,1-3H3,(H,20,26)(H2,19,21,23). The number of carbonyl (C=O) groups excluding carboxylic acids is 1. The Bertz CT molecular complexity index is 576. The summed E-state index contributed by atoms with van der Waals surface area (Å²) in [6, 6.07) is 0.392. The Balaban J connectivity index is 1.64. The Morgan fingerprint density at radius 2 is 2.08 bits per heavy atom. The fourth-order valence-corrected chi connectivity index (χ4v) is 3.02. The maximum absolute atomic E-state index is 11.8. The van der Waals surface area contributed by atoms with E-state index in [1.807, 2.05) is 24.0 Å². The number of likely N-dealkylation sites (tertiary alicyclic amines) is 1. The van der Waals surface area contributed by atoms with Crippen molar-refractivity contribution in [2.45, 2.75) is 45.7 Å². The molecule has 0 radical (unpaired) electrons. The van der Waals surface area contributed by atoms with Gasteiger partial charge in [-0.3, -0.25) is 19.4 Å². The van der Waals surface area contributed by atoms with Gasteiger partial charge in [0.05, 0.1) is 19.3 Å². The minimum atomic E-state index is 0.129. The van der Waals surface area contributed by atoms with Gasteiger partial charge < -0.3 is 16.0 Å². The molecule has 1 saturated heterocycles. The first-order chi connectivity index (χ1) is 12.6. The summed E-state index contributed by atoms with van der Waals surface area (Å²) < 4.78 is 1.93. The quantitative estimate of drug-likeness (QED) is 0.458. The number of guanidine groups is 1. The number of hydrogen-bond donors (Lipinski definition) is 3. The number of piperidine rings is 1. The molecule has 8 heteroatoms. The molecule has 2 rings (SSSR count). The summed E-state index contributed by atoms with van der Waals surface area (Å²) in [4.78, 5) is 18.3. The maximum Gasteiger partial charge on any atom is 0.234 e. The van der Waals surface area contributed by atoms with Crippen LogP contribution >= 0.6 is 0 Å². The van der Waals surface area contributed by atoms with Gasteiger partial charge in [-0.2, -0.15) is 5.10 Å². The van der Waals surface area contributed by atoms with E-state index in [0.717, 1.165) is 57.9 Å². The maximum atomic E-state index is 11.8. The number of aromatic nitrogens is 2. The second-order valence-corrected chi connectivity index (χ2v) is 6.82. The van der Waals surface area contributed by atoms with E-state index in [4.69, 9.17) is 0 Å². The van der Waals surface area contributed by atoms with Gasteiger partial charge in [-0.25, -0.2) is 0 Å². The van der Waals surface area contributed by atoms with Gasteiger partial charge in [0.2, 0.25) is 5.91 Å². The number of nitrogens with zero attached hydrogens (tertiary/aromatic N) is 4. The summed E-state index contributed by atoms with van der Waals surface area (Å²) in [5.74, 6) is 0.956. The molecule has 146 valence electrons. The highest BCUT2D eigenvalue weighted by Gasteiger charge is 2.21. The lowest BCUT2D eigenvalue weighted by Gasteiger charge is -2.32. The number of carbonyl (C=O) groups is 1. The summed E-state index contributed by atoms with van der Waals surface area (Å²) in [5, 5.41) is 14.0. The number of rotatable bonds is 8. The van der Waals surface area contributed by atoms with E-state index in [2.05, 4.69) is 37.9 Å². The van der Waals surface area contributed by atoms with Crippen molar-refractivity contribution in [3.05, 3.63) is 18.0 Å². The average Bonchev–Trinajstić information content (AvgIpc) is 3.05. The van der Waals surface area contributed by atoms with E-state index in [0.29, 0.717) is 12.6 Å². The fourth-order valence-electron chi connectivity index (χ4n) is 3.02. The van der Waals surface area contributed by atoms with Crippen molar-refractivity contribution in [1.82, 2.24) is 30.6 Å². The van der Waals surface area contributed by atoms with Crippen LogP contribution in [0.3, 0.4) is 0 Å². The second-order valence-electron chi connectivity index (χ2n) is 6.82. The first-order valence-electron chi connectivity index (χ1n) is 9.56. The molecule has 0 saturated carbocycles. The molecule has 1 aromatic heterocycles. The summed E-state index contributed by atoms with van der Waals surface area (Å²) in [5.41, 5.74) is 1.17. The zero-order valence-corrected chi connectivity index (χ0v) is 16.3. The fraction of sp³-hybridized carbons (Fsp3) is 0.722. The molecule has 1 aliphatic heterocycles. The average molecular weight is 364 g/mol. The second kappa shape index (κ2) is 10.8. The van der Waals surface area contributed by atoms with Crippen LogP contribution in [0, 0.1) is 6.92 Å². The van der Waals surface area contributed by atoms with Crippen molar-refractivity contribution in [1.29, 1.82) is 0 Å². The molecule has 1 aliphatic rings. The van der Waals surface area contributed by atoms with E-state index in [1.165, 1.54) is 5.56 Å². The van der Waals surface area contributed by atoms with Crippen LogP contribution in [0.4, 0.5) is 0 Å². The number of hydrogen-bond acceptors (Lipinski definition) is 4. The molecule has 1 aromatic rings. The Kier molecular flexibility index (Phi) is 8.40. The topological polar surface area (TPSA) is 86.6 Å². The van der Waals surface area contributed by atoms with Crippen molar-refractivity contribution < 1.29 is 4.79 Å². The van der Waals surface area contributed by atoms with Crippen LogP contribution in [0.2, 0.25) is 0 Å². The molecular formula is C18H33N7O. The first kappa shape index (κ1) is 20.2. The van der Waals surface area contributed by atoms with E-state index in [9.17, 15) is 4.79 Å². The monoisotopic (exact) mass is 363 g/mol. The van der Waals surface area contributed by atoms with Gasteiger partial charge >= 0.3 is 0 Å². The highest BCUT2D eigenvalue weighted by atomic mass is 16.2. The number of aliphatic imine (C=N–C) groups is 1. The molecule has 2 heterocycles. The third-order valence-corrected chi connectivity index (χ3v) is 4.49. The van der Waals surface area contributed by atoms with Crippen LogP contribution in [0.5, 0.6) is 0 Å². The molecule has 1 fully saturated rings. The van der Waals surface area contributed by atoms with Crippen molar-refractivity contribution in [2.24, 2.45) is 4.99 Å². The lowest BCUT2D eigenvalue weighted by Crippen LogP contribution is -2.50. The highest BCUT2D eigenvalue weighted by molar-refractivity contribution is 5.80. The lowest BCUT2D eigenvalue weighted by molar-refractivity contribution is -0.122. The summed E-state index contributed by atoms with van der Waals surface area (Å²) in [6.07, 6.45) is 6.90. The van der Waals surface area contributed by atoms with Crippen molar-refractivity contribution in [3.63, 3.8) is 0 Å². The molecule has 26 heavy (non-hydrogen) atoms. The minimum absolute atomic E-state index is 0.129. The SMILES string of the molecule is CCCNC(=O)CN1CCC(NC(=NC)NCCn2cc(C)cn2)CC1. The molecule has 0 unspecified atom stereocenters. The van der Waals surface area contributed by atoms with Crippen LogP contribution in [-0.2, 0) is 11.3 Å². The summed E-state index contributed by atoms with van der Waals surface area (Å²) in [6.45, 7) is 8.81. The van der Waals surface area contributed by atoms with Crippen LogP contribution in [0.15, 0.2) is 17.4 Å². The molecule has 0 aliphatic carbocycles. The van der Waals surface area contributed by atoms with Gasteiger partial charge in [0, 0.05) is 45.5 Å². The lowest BCUT2D eigenvalue weighted by atomic mass is 10.1. The first-order valence-corrected chi connectivity index (χ1v) is 9.56. The number of aryl methyl sites for hydroxylation is 1. The minimum Gasteiger partial charge on any atom is -0.355 e. The van der Waals surface area contributed by atoms with Gasteiger partial charge in [0.1, 0.15) is 0 Å². The highest BCUT2D eigenvalue weighted by Crippen LogP contribution is 2.09. The molecule has 0 bridgehead atoms. The predicted molar refractivity (Wildman–Crippen MR) is 104 cm³/mol. The summed E-state index contributed by atoms with van der Waals surface area (Å²) >= 11 is 0. The molecule has 3 N–H and O–H groups in total. The van der Waals surface area contributed by atoms with Crippen molar-refractivity contribution in [3.8, 4) is 0 Å². The van der Waals surface area contributed by atoms with Crippen molar-refractivity contribution >= 4 is 11.9 Å². The molecule has 8 nitrogen and oxygen atoms in total. The molecule has 0 atom stereocenters. The third-order valence-electron chi connectivity index (χ3n) is 4.49. The van der Waals surface area contributed by atoms with Crippen LogP contribution in [-0.4, -0.2) is 72.4 Å². The van der Waals surface area contributed by atoms with Gasteiger partial charge in [0.25, 0.3) is 0 Å². The van der Waals surface area contributed by atoms with E-state index in [1.54, 1.807) is 7.05 Å². The zero-order chi connectivity index (χ0) is 18.8. The summed E-state index contributed by atoms with van der Waals surface area (Å²) in [7, 11) is 1.79. The van der Waals surface area contributed by atoms with Crippen LogP contribution in [0.1, 0.15) is 31.7 Å². The Hall–Kier alpha value is -2.09. The zero-order valence-electron chi connectivity index (χ0n) is 16.3. The number of nitrogens with one attached hydrogen (secondary N) is 3. The van der Waals surface area contributed by atoms with Crippen LogP contribution < -0.4 is 16.0 Å². The van der Waals surface area contributed by atoms with Gasteiger partial charge in [-0.15, -0.1) is 0 Å². The third kappa shape index (κ3) is 7.03. The van der Waals surface area contributed by atoms with Gasteiger partial charge in [-0.1, -0.05) is 6.92 Å². The largest absolute Gasteiger partial charge is 0.355 e. The smallest absolute Gasteiger partial charge is 0.234 e. The van der Waals surface area contributed by atoms with Crippen LogP contribution in [0.25, 0.3) is 0 Å². The van der Waals surface area contributed by atoms with E-state index >= 15 is 0 Å². The van der Waals surface area contributed by atoms with Gasteiger partial charge in [-0.05, 0) is 31.7 Å². The van der Waals surface area contributed by atoms with E-state index < -0.39 is 0 Å². The Labute approximate surface area is 156 Å². The molecule has 0 spiro atoms.